The minimum atomic E-state index is -0.326. The summed E-state index contributed by atoms with van der Waals surface area (Å²) in [5, 5.41) is 12.1. The quantitative estimate of drug-likeness (QED) is 0.719. The highest BCUT2D eigenvalue weighted by atomic mass is 32.1. The molecule has 0 bridgehead atoms. The van der Waals surface area contributed by atoms with E-state index in [2.05, 4.69) is 15.5 Å². The SMILES string of the molecule is O=C(CN1C(=O)CCOc2ccccc21)Nc1nnc(Cc2ccccc2)s1. The molecular weight excluding hydrogens is 376 g/mol. The van der Waals surface area contributed by atoms with Crippen molar-refractivity contribution >= 4 is 34.0 Å². The predicted molar refractivity (Wildman–Crippen MR) is 107 cm³/mol. The molecule has 0 aliphatic carbocycles. The lowest BCUT2D eigenvalue weighted by Gasteiger charge is -2.20. The van der Waals surface area contributed by atoms with E-state index in [1.54, 1.807) is 12.1 Å². The summed E-state index contributed by atoms with van der Waals surface area (Å²) in [7, 11) is 0. The monoisotopic (exact) mass is 394 g/mol. The number of nitrogens with zero attached hydrogens (tertiary/aromatic N) is 3. The van der Waals surface area contributed by atoms with Crippen molar-refractivity contribution in [3.63, 3.8) is 0 Å². The van der Waals surface area contributed by atoms with E-state index in [9.17, 15) is 9.59 Å². The van der Waals surface area contributed by atoms with Crippen LogP contribution >= 0.6 is 11.3 Å². The van der Waals surface area contributed by atoms with Gasteiger partial charge in [0, 0.05) is 6.42 Å². The fraction of sp³-hybridized carbons (Fsp3) is 0.200. The van der Waals surface area contributed by atoms with Crippen molar-refractivity contribution in [3.8, 4) is 5.75 Å². The summed E-state index contributed by atoms with van der Waals surface area (Å²) < 4.78 is 5.59. The highest BCUT2D eigenvalue weighted by molar-refractivity contribution is 7.15. The molecule has 0 atom stereocenters. The van der Waals surface area contributed by atoms with Crippen molar-refractivity contribution in [2.24, 2.45) is 0 Å². The van der Waals surface area contributed by atoms with Crippen molar-refractivity contribution in [1.29, 1.82) is 0 Å². The number of aromatic nitrogens is 2. The van der Waals surface area contributed by atoms with Crippen LogP contribution in [0.15, 0.2) is 54.6 Å². The molecule has 1 aromatic heterocycles. The standard InChI is InChI=1S/C20H18N4O3S/c25-17(13-24-15-8-4-5-9-16(15)27-11-10-19(24)26)21-20-23-22-18(28-20)12-14-6-2-1-3-7-14/h1-9H,10-13H2,(H,21,23,25). The van der Waals surface area contributed by atoms with Crippen molar-refractivity contribution in [2.75, 3.05) is 23.4 Å². The number of nitrogens with one attached hydrogen (secondary N) is 1. The number of ether oxygens (including phenoxy) is 1. The maximum absolute atomic E-state index is 12.5. The summed E-state index contributed by atoms with van der Waals surface area (Å²) in [5.41, 5.74) is 1.73. The van der Waals surface area contributed by atoms with Gasteiger partial charge in [-0.25, -0.2) is 0 Å². The van der Waals surface area contributed by atoms with Crippen LogP contribution in [-0.4, -0.2) is 35.2 Å². The molecule has 2 aromatic carbocycles. The van der Waals surface area contributed by atoms with Gasteiger partial charge in [0.25, 0.3) is 0 Å². The lowest BCUT2D eigenvalue weighted by molar-refractivity contribution is -0.121. The fourth-order valence-electron chi connectivity index (χ4n) is 2.94. The van der Waals surface area contributed by atoms with Gasteiger partial charge in [-0.3, -0.25) is 19.8 Å². The Bertz CT molecular complexity index is 990. The molecule has 0 unspecified atom stereocenters. The summed E-state index contributed by atoms with van der Waals surface area (Å²) in [4.78, 5) is 26.4. The molecule has 2 amide bonds. The second kappa shape index (κ2) is 8.18. The number of para-hydroxylation sites is 2. The number of anilines is 2. The van der Waals surface area contributed by atoms with Gasteiger partial charge in [0.2, 0.25) is 16.9 Å². The van der Waals surface area contributed by atoms with Crippen LogP contribution in [0.3, 0.4) is 0 Å². The summed E-state index contributed by atoms with van der Waals surface area (Å²) in [5.74, 6) is 0.122. The van der Waals surface area contributed by atoms with Crippen molar-refractivity contribution in [1.82, 2.24) is 10.2 Å². The first-order valence-corrected chi connectivity index (χ1v) is 9.69. The number of amides is 2. The normalized spacial score (nSPS) is 13.4. The Morgan fingerprint density at radius 1 is 1.11 bits per heavy atom. The first kappa shape index (κ1) is 18.1. The number of carbonyl (C=O) groups is 2. The van der Waals surface area contributed by atoms with E-state index in [0.717, 1.165) is 10.6 Å². The number of fused-ring (bicyclic) bond motifs is 1. The predicted octanol–water partition coefficient (Wildman–Crippen LogP) is 2.88. The van der Waals surface area contributed by atoms with Crippen molar-refractivity contribution in [3.05, 3.63) is 65.2 Å². The maximum atomic E-state index is 12.5. The lowest BCUT2D eigenvalue weighted by atomic mass is 10.2. The molecule has 0 saturated heterocycles. The molecule has 0 spiro atoms. The van der Waals surface area contributed by atoms with Crippen LogP contribution in [0.1, 0.15) is 17.0 Å². The summed E-state index contributed by atoms with van der Waals surface area (Å²) >= 11 is 1.33. The average molecular weight is 394 g/mol. The van der Waals surface area contributed by atoms with E-state index >= 15 is 0 Å². The first-order valence-electron chi connectivity index (χ1n) is 8.87. The zero-order chi connectivity index (χ0) is 19.3. The van der Waals surface area contributed by atoms with Gasteiger partial charge in [0.15, 0.2) is 0 Å². The molecule has 1 aliphatic rings. The van der Waals surface area contributed by atoms with Gasteiger partial charge in [-0.2, -0.15) is 0 Å². The fourth-order valence-corrected chi connectivity index (χ4v) is 3.73. The van der Waals surface area contributed by atoms with E-state index in [1.807, 2.05) is 42.5 Å². The third-order valence-electron chi connectivity index (χ3n) is 4.24. The summed E-state index contributed by atoms with van der Waals surface area (Å²) in [6.07, 6.45) is 0.881. The molecule has 142 valence electrons. The van der Waals surface area contributed by atoms with Crippen LogP contribution in [0, 0.1) is 0 Å². The Morgan fingerprint density at radius 2 is 1.89 bits per heavy atom. The summed E-state index contributed by atoms with van der Waals surface area (Å²) in [6.45, 7) is 0.194. The molecule has 7 nitrogen and oxygen atoms in total. The smallest absolute Gasteiger partial charge is 0.246 e. The van der Waals surface area contributed by atoms with Crippen molar-refractivity contribution < 1.29 is 14.3 Å². The topological polar surface area (TPSA) is 84.4 Å². The molecule has 4 rings (SSSR count). The van der Waals surface area contributed by atoms with E-state index < -0.39 is 0 Å². The molecule has 8 heteroatoms. The number of benzene rings is 2. The van der Waals surface area contributed by atoms with Gasteiger partial charge >= 0.3 is 0 Å². The molecule has 0 radical (unpaired) electrons. The van der Waals surface area contributed by atoms with Gasteiger partial charge in [0.05, 0.1) is 18.7 Å². The molecule has 0 fully saturated rings. The Balaban J connectivity index is 1.42. The highest BCUT2D eigenvalue weighted by Gasteiger charge is 2.25. The average Bonchev–Trinajstić information content (AvgIpc) is 3.07. The Hall–Kier alpha value is -3.26. The molecule has 1 aliphatic heterocycles. The van der Waals surface area contributed by atoms with Gasteiger partial charge in [-0.05, 0) is 17.7 Å². The largest absolute Gasteiger partial charge is 0.491 e. The zero-order valence-corrected chi connectivity index (χ0v) is 15.8. The highest BCUT2D eigenvalue weighted by Crippen LogP contribution is 2.30. The van der Waals surface area contributed by atoms with Gasteiger partial charge in [-0.1, -0.05) is 53.8 Å². The minimum Gasteiger partial charge on any atom is -0.491 e. The number of hydrogen-bond acceptors (Lipinski definition) is 6. The number of carbonyl (C=O) groups excluding carboxylic acids is 2. The third kappa shape index (κ3) is 4.17. The molecule has 1 N–H and O–H groups in total. The van der Waals surface area contributed by atoms with Crippen LogP contribution in [-0.2, 0) is 16.0 Å². The van der Waals surface area contributed by atoms with Crippen LogP contribution in [0.2, 0.25) is 0 Å². The van der Waals surface area contributed by atoms with Crippen molar-refractivity contribution in [2.45, 2.75) is 12.8 Å². The third-order valence-corrected chi connectivity index (χ3v) is 5.08. The minimum absolute atomic E-state index is 0.104. The lowest BCUT2D eigenvalue weighted by Crippen LogP contribution is -2.37. The van der Waals surface area contributed by atoms with Gasteiger partial charge in [0.1, 0.15) is 17.3 Å². The van der Waals surface area contributed by atoms with E-state index in [0.29, 0.717) is 29.6 Å². The maximum Gasteiger partial charge on any atom is 0.246 e. The first-order chi connectivity index (χ1) is 13.7. The van der Waals surface area contributed by atoms with Crippen LogP contribution < -0.4 is 15.0 Å². The number of rotatable bonds is 5. The molecule has 3 aromatic rings. The Labute approximate surface area is 166 Å². The molecule has 0 saturated carbocycles. The zero-order valence-electron chi connectivity index (χ0n) is 15.0. The van der Waals surface area contributed by atoms with Crippen LogP contribution in [0.25, 0.3) is 0 Å². The van der Waals surface area contributed by atoms with E-state index in [-0.39, 0.29) is 24.8 Å². The molecule has 28 heavy (non-hydrogen) atoms. The Morgan fingerprint density at radius 3 is 2.75 bits per heavy atom. The summed E-state index contributed by atoms with van der Waals surface area (Å²) in [6, 6.07) is 17.2. The van der Waals surface area contributed by atoms with Gasteiger partial charge < -0.3 is 4.74 Å². The van der Waals surface area contributed by atoms with Crippen LogP contribution in [0.4, 0.5) is 10.8 Å². The van der Waals surface area contributed by atoms with Gasteiger partial charge in [-0.15, -0.1) is 10.2 Å². The Kier molecular flexibility index (Phi) is 5.29. The second-order valence-corrected chi connectivity index (χ2v) is 7.32. The molecule has 2 heterocycles. The number of hydrogen-bond donors (Lipinski definition) is 1. The van der Waals surface area contributed by atoms with Crippen LogP contribution in [0.5, 0.6) is 5.75 Å². The second-order valence-electron chi connectivity index (χ2n) is 6.26. The molecular formula is C20H18N4O3S. The van der Waals surface area contributed by atoms with E-state index in [4.69, 9.17) is 4.74 Å². The van der Waals surface area contributed by atoms with E-state index in [1.165, 1.54) is 16.2 Å².